The van der Waals surface area contributed by atoms with Crippen LogP contribution in [0.1, 0.15) is 20.7 Å². The second kappa shape index (κ2) is 4.51. The van der Waals surface area contributed by atoms with Gasteiger partial charge in [0.2, 0.25) is 0 Å². The number of esters is 2. The molecular weight excluding hydrogens is 312 g/mol. The minimum absolute atomic E-state index is 0.236. The number of cyclic esters (lactones) is 2. The van der Waals surface area contributed by atoms with Gasteiger partial charge in [-0.15, -0.1) is 0 Å². The summed E-state index contributed by atoms with van der Waals surface area (Å²) in [6, 6.07) is 11.9. The van der Waals surface area contributed by atoms with E-state index in [1.165, 1.54) is 12.1 Å². The smallest absolute Gasteiger partial charge is 0.347 e. The number of rotatable bonds is 2. The van der Waals surface area contributed by atoms with Crippen LogP contribution in [-0.2, 0) is 4.74 Å². The zero-order valence-corrected chi connectivity index (χ0v) is 11.1. The van der Waals surface area contributed by atoms with Gasteiger partial charge in [-0.25, -0.2) is 9.59 Å². The van der Waals surface area contributed by atoms with Gasteiger partial charge in [-0.3, -0.25) is 0 Å². The molecule has 0 N–H and O–H groups in total. The van der Waals surface area contributed by atoms with Gasteiger partial charge in [-0.05, 0) is 42.5 Å². The normalized spacial score (nSPS) is 13.1. The zero-order chi connectivity index (χ0) is 13.4. The summed E-state index contributed by atoms with van der Waals surface area (Å²) in [6.07, 6.45) is 0. The van der Waals surface area contributed by atoms with Gasteiger partial charge < -0.3 is 9.47 Å². The molecule has 4 nitrogen and oxygen atoms in total. The predicted molar refractivity (Wildman–Crippen MR) is 70.4 cm³/mol. The summed E-state index contributed by atoms with van der Waals surface area (Å²) < 4.78 is 11.1. The predicted octanol–water partition coefficient (Wildman–Crippen LogP) is 3.55. The van der Waals surface area contributed by atoms with Crippen LogP contribution in [0.4, 0.5) is 0 Å². The number of benzene rings is 2. The number of carbonyl (C=O) groups excluding carboxylic acids is 2. The third kappa shape index (κ3) is 2.24. The summed E-state index contributed by atoms with van der Waals surface area (Å²) in [5, 5.41) is 0. The highest BCUT2D eigenvalue weighted by Gasteiger charge is 2.29. The second-order valence-corrected chi connectivity index (χ2v) is 4.86. The summed E-state index contributed by atoms with van der Waals surface area (Å²) in [5.41, 5.74) is 0.507. The van der Waals surface area contributed by atoms with E-state index in [0.717, 1.165) is 4.47 Å². The van der Waals surface area contributed by atoms with Crippen molar-refractivity contribution in [2.24, 2.45) is 0 Å². The Morgan fingerprint density at radius 1 is 0.842 bits per heavy atom. The van der Waals surface area contributed by atoms with Crippen LogP contribution < -0.4 is 4.74 Å². The molecule has 0 bridgehead atoms. The van der Waals surface area contributed by atoms with E-state index < -0.39 is 11.9 Å². The average Bonchev–Trinajstić information content (AvgIpc) is 2.68. The third-order valence-corrected chi connectivity index (χ3v) is 3.19. The van der Waals surface area contributed by atoms with Gasteiger partial charge in [0.1, 0.15) is 11.5 Å². The lowest BCUT2D eigenvalue weighted by Crippen LogP contribution is -1.96. The van der Waals surface area contributed by atoms with E-state index in [0.29, 0.717) is 11.5 Å². The van der Waals surface area contributed by atoms with Gasteiger partial charge in [0.05, 0.1) is 11.1 Å². The quantitative estimate of drug-likeness (QED) is 0.627. The Hall–Kier alpha value is -2.14. The third-order valence-electron chi connectivity index (χ3n) is 2.67. The molecule has 19 heavy (non-hydrogen) atoms. The number of hydrogen-bond donors (Lipinski definition) is 0. The summed E-state index contributed by atoms with van der Waals surface area (Å²) in [7, 11) is 0. The molecule has 0 radical (unpaired) electrons. The minimum Gasteiger partial charge on any atom is -0.457 e. The van der Waals surface area contributed by atoms with Crippen molar-refractivity contribution >= 4 is 27.9 Å². The molecule has 3 rings (SSSR count). The highest BCUT2D eigenvalue weighted by Crippen LogP contribution is 2.28. The molecule has 1 heterocycles. The topological polar surface area (TPSA) is 52.6 Å². The summed E-state index contributed by atoms with van der Waals surface area (Å²) in [4.78, 5) is 22.7. The van der Waals surface area contributed by atoms with Crippen molar-refractivity contribution in [2.75, 3.05) is 0 Å². The highest BCUT2D eigenvalue weighted by atomic mass is 79.9. The van der Waals surface area contributed by atoms with E-state index in [9.17, 15) is 9.59 Å². The van der Waals surface area contributed by atoms with E-state index in [-0.39, 0.29) is 11.1 Å². The molecule has 5 heteroatoms. The Balaban J connectivity index is 1.91. The van der Waals surface area contributed by atoms with E-state index in [1.807, 2.05) is 12.1 Å². The van der Waals surface area contributed by atoms with Crippen molar-refractivity contribution in [3.05, 3.63) is 58.1 Å². The molecule has 0 spiro atoms. The highest BCUT2D eigenvalue weighted by molar-refractivity contribution is 9.10. The Morgan fingerprint density at radius 3 is 2.21 bits per heavy atom. The maximum atomic E-state index is 11.4. The van der Waals surface area contributed by atoms with Crippen molar-refractivity contribution < 1.29 is 19.1 Å². The fourth-order valence-corrected chi connectivity index (χ4v) is 2.03. The molecule has 2 aromatic rings. The van der Waals surface area contributed by atoms with Crippen LogP contribution in [0, 0.1) is 0 Å². The molecule has 0 aromatic heterocycles. The fourth-order valence-electron chi connectivity index (χ4n) is 1.77. The molecule has 0 aliphatic carbocycles. The lowest BCUT2D eigenvalue weighted by molar-refractivity contribution is 0.0443. The molecule has 0 fully saturated rings. The van der Waals surface area contributed by atoms with E-state index in [1.54, 1.807) is 18.2 Å². The maximum Gasteiger partial charge on any atom is 0.347 e. The molecule has 2 aromatic carbocycles. The molecule has 0 saturated heterocycles. The molecular formula is C14H7BrO4. The van der Waals surface area contributed by atoms with Gasteiger partial charge in [-0.1, -0.05) is 15.9 Å². The first-order valence-corrected chi connectivity index (χ1v) is 6.27. The maximum absolute atomic E-state index is 11.4. The van der Waals surface area contributed by atoms with Gasteiger partial charge in [0.25, 0.3) is 0 Å². The largest absolute Gasteiger partial charge is 0.457 e. The molecule has 1 aliphatic rings. The van der Waals surface area contributed by atoms with Crippen LogP contribution in [0.5, 0.6) is 11.5 Å². The molecule has 1 aliphatic heterocycles. The van der Waals surface area contributed by atoms with E-state index in [4.69, 9.17) is 4.74 Å². The number of fused-ring (bicyclic) bond motifs is 1. The van der Waals surface area contributed by atoms with Gasteiger partial charge in [-0.2, -0.15) is 0 Å². The first kappa shape index (κ1) is 11.9. The van der Waals surface area contributed by atoms with Crippen molar-refractivity contribution in [3.8, 4) is 11.5 Å². The Kier molecular flexibility index (Phi) is 2.83. The number of ether oxygens (including phenoxy) is 2. The van der Waals surface area contributed by atoms with Crippen LogP contribution in [0.2, 0.25) is 0 Å². The van der Waals surface area contributed by atoms with Crippen molar-refractivity contribution in [3.63, 3.8) is 0 Å². The number of hydrogen-bond acceptors (Lipinski definition) is 4. The average molecular weight is 319 g/mol. The van der Waals surface area contributed by atoms with E-state index in [2.05, 4.69) is 20.7 Å². The standard InChI is InChI=1S/C14H7BrO4/c15-8-1-3-9(4-2-8)18-10-5-6-11-12(7-10)14(17)19-13(11)16/h1-7H. The SMILES string of the molecule is O=C1OC(=O)c2cc(Oc3ccc(Br)cc3)ccc21. The molecule has 0 saturated carbocycles. The summed E-state index contributed by atoms with van der Waals surface area (Å²) >= 11 is 3.33. The number of carbonyl (C=O) groups is 2. The first-order chi connectivity index (χ1) is 9.13. The summed E-state index contributed by atoms with van der Waals surface area (Å²) in [5.74, 6) is -0.134. The minimum atomic E-state index is -0.638. The van der Waals surface area contributed by atoms with Crippen LogP contribution in [0.15, 0.2) is 46.9 Å². The molecule has 0 unspecified atom stereocenters. The first-order valence-electron chi connectivity index (χ1n) is 5.47. The van der Waals surface area contributed by atoms with Crippen molar-refractivity contribution in [2.45, 2.75) is 0 Å². The van der Waals surface area contributed by atoms with Crippen LogP contribution in [-0.4, -0.2) is 11.9 Å². The lowest BCUT2D eigenvalue weighted by Gasteiger charge is -2.06. The van der Waals surface area contributed by atoms with Crippen molar-refractivity contribution in [1.29, 1.82) is 0 Å². The molecule has 0 atom stereocenters. The molecule has 94 valence electrons. The van der Waals surface area contributed by atoms with Gasteiger partial charge in [0.15, 0.2) is 0 Å². The van der Waals surface area contributed by atoms with Gasteiger partial charge >= 0.3 is 11.9 Å². The fraction of sp³-hybridized carbons (Fsp3) is 0. The second-order valence-electron chi connectivity index (χ2n) is 3.94. The molecule has 0 amide bonds. The van der Waals surface area contributed by atoms with Gasteiger partial charge in [0, 0.05) is 4.47 Å². The number of halogens is 1. The zero-order valence-electron chi connectivity index (χ0n) is 9.55. The Morgan fingerprint density at radius 2 is 1.47 bits per heavy atom. The Bertz CT molecular complexity index is 676. The monoisotopic (exact) mass is 318 g/mol. The Labute approximate surface area is 117 Å². The van der Waals surface area contributed by atoms with E-state index >= 15 is 0 Å². The van der Waals surface area contributed by atoms with Crippen LogP contribution in [0.25, 0.3) is 0 Å². The van der Waals surface area contributed by atoms with Crippen LogP contribution >= 0.6 is 15.9 Å². The lowest BCUT2D eigenvalue weighted by atomic mass is 10.1. The summed E-state index contributed by atoms with van der Waals surface area (Å²) in [6.45, 7) is 0. The van der Waals surface area contributed by atoms with Crippen LogP contribution in [0.3, 0.4) is 0 Å². The van der Waals surface area contributed by atoms with Crippen molar-refractivity contribution in [1.82, 2.24) is 0 Å².